The van der Waals surface area contributed by atoms with Gasteiger partial charge in [-0.1, -0.05) is 36.4 Å². The molecule has 0 saturated carbocycles. The first-order valence-corrected chi connectivity index (χ1v) is 7.74. The first-order valence-electron chi connectivity index (χ1n) is 7.74. The van der Waals surface area contributed by atoms with Crippen LogP contribution in [0.2, 0.25) is 0 Å². The van der Waals surface area contributed by atoms with E-state index in [4.69, 9.17) is 0 Å². The van der Waals surface area contributed by atoms with E-state index in [-0.39, 0.29) is 11.7 Å². The quantitative estimate of drug-likeness (QED) is 0.569. The number of benzene rings is 2. The van der Waals surface area contributed by atoms with E-state index in [1.807, 2.05) is 31.2 Å². The zero-order chi connectivity index (χ0) is 16.9. The summed E-state index contributed by atoms with van der Waals surface area (Å²) in [5.74, 6) is -0.560. The highest BCUT2D eigenvalue weighted by Gasteiger charge is 2.33. The molecule has 24 heavy (non-hydrogen) atoms. The third-order valence-electron chi connectivity index (χ3n) is 3.97. The standard InChI is InChI=1S/C17H20FN5O/c1-11-6-2-3-7-12(11)10-19-17(24)15-16(22-23-21-15)20-14-9-5-4-8-13(14)18/h2-9,15-16,20-23H,10H2,1H3,(H,19,24). The van der Waals surface area contributed by atoms with Crippen LogP contribution in [0.5, 0.6) is 0 Å². The van der Waals surface area contributed by atoms with Gasteiger partial charge < -0.3 is 10.6 Å². The molecule has 1 amide bonds. The number of para-hydroxylation sites is 1. The van der Waals surface area contributed by atoms with Gasteiger partial charge in [-0.3, -0.25) is 4.79 Å². The third-order valence-corrected chi connectivity index (χ3v) is 3.97. The lowest BCUT2D eigenvalue weighted by atomic mass is 10.1. The fraction of sp³-hybridized carbons (Fsp3) is 0.235. The van der Waals surface area contributed by atoms with Crippen molar-refractivity contribution in [2.75, 3.05) is 5.32 Å². The van der Waals surface area contributed by atoms with Gasteiger partial charge >= 0.3 is 0 Å². The van der Waals surface area contributed by atoms with Crippen LogP contribution >= 0.6 is 0 Å². The second kappa shape index (κ2) is 7.39. The number of hydrazine groups is 2. The van der Waals surface area contributed by atoms with Crippen LogP contribution in [0.4, 0.5) is 10.1 Å². The van der Waals surface area contributed by atoms with Crippen LogP contribution in [0.1, 0.15) is 11.1 Å². The van der Waals surface area contributed by atoms with E-state index in [1.165, 1.54) is 6.07 Å². The van der Waals surface area contributed by atoms with Crippen molar-refractivity contribution >= 4 is 11.6 Å². The Balaban J connectivity index is 1.61. The van der Waals surface area contributed by atoms with Gasteiger partial charge in [0.05, 0.1) is 5.69 Å². The van der Waals surface area contributed by atoms with Gasteiger partial charge in [0, 0.05) is 6.54 Å². The van der Waals surface area contributed by atoms with Crippen LogP contribution in [0, 0.1) is 12.7 Å². The molecule has 2 aromatic rings. The summed E-state index contributed by atoms with van der Waals surface area (Å²) in [4.78, 5) is 12.4. The molecule has 1 aliphatic rings. The summed E-state index contributed by atoms with van der Waals surface area (Å²) in [5.41, 5.74) is 10.9. The smallest absolute Gasteiger partial charge is 0.242 e. The van der Waals surface area contributed by atoms with Crippen molar-refractivity contribution < 1.29 is 9.18 Å². The summed E-state index contributed by atoms with van der Waals surface area (Å²) in [6.07, 6.45) is -0.487. The van der Waals surface area contributed by atoms with E-state index >= 15 is 0 Å². The van der Waals surface area contributed by atoms with Crippen LogP contribution in [-0.2, 0) is 11.3 Å². The number of hydrogen-bond donors (Lipinski definition) is 5. The zero-order valence-corrected chi connectivity index (χ0v) is 13.3. The Morgan fingerprint density at radius 1 is 1.12 bits per heavy atom. The molecule has 2 unspecified atom stereocenters. The Morgan fingerprint density at radius 2 is 1.88 bits per heavy atom. The Morgan fingerprint density at radius 3 is 2.67 bits per heavy atom. The van der Waals surface area contributed by atoms with Gasteiger partial charge in [0.25, 0.3) is 0 Å². The van der Waals surface area contributed by atoms with Crippen molar-refractivity contribution in [2.24, 2.45) is 0 Å². The van der Waals surface area contributed by atoms with Crippen LogP contribution in [0.25, 0.3) is 0 Å². The largest absolute Gasteiger partial charge is 0.365 e. The summed E-state index contributed by atoms with van der Waals surface area (Å²) >= 11 is 0. The first-order chi connectivity index (χ1) is 11.6. The van der Waals surface area contributed by atoms with Gasteiger partial charge in [-0.25, -0.2) is 15.2 Å². The SMILES string of the molecule is Cc1ccccc1CNC(=O)C1NNNC1Nc1ccccc1F. The fourth-order valence-electron chi connectivity index (χ4n) is 2.55. The van der Waals surface area contributed by atoms with E-state index < -0.39 is 12.2 Å². The number of rotatable bonds is 5. The molecule has 0 aliphatic carbocycles. The van der Waals surface area contributed by atoms with Crippen molar-refractivity contribution in [3.63, 3.8) is 0 Å². The Hall–Kier alpha value is -2.48. The Bertz CT molecular complexity index is 724. The number of carbonyl (C=O) groups excluding carboxylic acids is 1. The van der Waals surface area contributed by atoms with Gasteiger partial charge in [-0.15, -0.1) is 0 Å². The summed E-state index contributed by atoms with van der Waals surface area (Å²) in [7, 11) is 0. The number of aryl methyl sites for hydroxylation is 1. The predicted molar refractivity (Wildman–Crippen MR) is 90.0 cm³/mol. The summed E-state index contributed by atoms with van der Waals surface area (Å²) in [6, 6.07) is 13.6. The lowest BCUT2D eigenvalue weighted by Gasteiger charge is -2.20. The minimum Gasteiger partial charge on any atom is -0.365 e. The molecule has 1 saturated heterocycles. The molecule has 1 fully saturated rings. The van der Waals surface area contributed by atoms with Crippen molar-refractivity contribution in [1.29, 1.82) is 0 Å². The van der Waals surface area contributed by atoms with Crippen molar-refractivity contribution in [3.05, 3.63) is 65.5 Å². The molecular weight excluding hydrogens is 309 g/mol. The molecule has 6 nitrogen and oxygen atoms in total. The number of nitrogens with one attached hydrogen (secondary N) is 5. The minimum atomic E-state index is -0.589. The second-order valence-corrected chi connectivity index (χ2v) is 5.64. The van der Waals surface area contributed by atoms with Crippen molar-refractivity contribution in [3.8, 4) is 0 Å². The Kier molecular flexibility index (Phi) is 5.05. The molecule has 7 heteroatoms. The van der Waals surface area contributed by atoms with Gasteiger partial charge in [0.1, 0.15) is 18.0 Å². The van der Waals surface area contributed by atoms with E-state index in [0.717, 1.165) is 11.1 Å². The van der Waals surface area contributed by atoms with E-state index in [2.05, 4.69) is 27.0 Å². The first kappa shape index (κ1) is 16.4. The highest BCUT2D eigenvalue weighted by molar-refractivity contribution is 5.83. The van der Waals surface area contributed by atoms with Gasteiger partial charge in [-0.05, 0) is 30.2 Å². The van der Waals surface area contributed by atoms with Crippen LogP contribution in [0.15, 0.2) is 48.5 Å². The zero-order valence-electron chi connectivity index (χ0n) is 13.3. The lowest BCUT2D eigenvalue weighted by Crippen LogP contribution is -2.50. The Labute approximate surface area is 139 Å². The maximum absolute atomic E-state index is 13.8. The number of hydrogen-bond acceptors (Lipinski definition) is 5. The highest BCUT2D eigenvalue weighted by atomic mass is 19.1. The molecule has 2 atom stereocenters. The lowest BCUT2D eigenvalue weighted by molar-refractivity contribution is -0.123. The van der Waals surface area contributed by atoms with Gasteiger partial charge in [0.2, 0.25) is 5.91 Å². The summed E-state index contributed by atoms with van der Waals surface area (Å²) in [6.45, 7) is 2.44. The molecule has 3 rings (SSSR count). The van der Waals surface area contributed by atoms with E-state index in [1.54, 1.807) is 18.2 Å². The van der Waals surface area contributed by atoms with Crippen molar-refractivity contribution in [2.45, 2.75) is 25.7 Å². The second-order valence-electron chi connectivity index (χ2n) is 5.64. The molecule has 0 bridgehead atoms. The number of halogens is 1. The average Bonchev–Trinajstić information content (AvgIpc) is 3.04. The average molecular weight is 329 g/mol. The number of anilines is 1. The summed E-state index contributed by atoms with van der Waals surface area (Å²) in [5, 5.41) is 5.87. The molecule has 1 heterocycles. The predicted octanol–water partition coefficient (Wildman–Crippen LogP) is 1.17. The fourth-order valence-corrected chi connectivity index (χ4v) is 2.55. The molecule has 0 radical (unpaired) electrons. The minimum absolute atomic E-state index is 0.190. The van der Waals surface area contributed by atoms with Gasteiger partial charge in [0.15, 0.2) is 0 Å². The van der Waals surface area contributed by atoms with Crippen LogP contribution < -0.4 is 27.0 Å². The normalized spacial score (nSPS) is 19.9. The summed E-state index contributed by atoms with van der Waals surface area (Å²) < 4.78 is 13.8. The van der Waals surface area contributed by atoms with Crippen LogP contribution in [0.3, 0.4) is 0 Å². The highest BCUT2D eigenvalue weighted by Crippen LogP contribution is 2.15. The molecule has 0 aromatic heterocycles. The molecule has 0 spiro atoms. The molecule has 5 N–H and O–H groups in total. The number of carbonyl (C=O) groups is 1. The van der Waals surface area contributed by atoms with E-state index in [0.29, 0.717) is 12.2 Å². The maximum atomic E-state index is 13.8. The number of amides is 1. The molecule has 126 valence electrons. The third kappa shape index (κ3) is 3.70. The monoisotopic (exact) mass is 329 g/mol. The molecule has 1 aliphatic heterocycles. The molecule has 2 aromatic carbocycles. The molecular formula is C17H20FN5O. The van der Waals surface area contributed by atoms with Crippen LogP contribution in [-0.4, -0.2) is 18.1 Å². The van der Waals surface area contributed by atoms with E-state index in [9.17, 15) is 9.18 Å². The van der Waals surface area contributed by atoms with Crippen molar-refractivity contribution in [1.82, 2.24) is 21.7 Å². The topological polar surface area (TPSA) is 77.2 Å². The van der Waals surface area contributed by atoms with Gasteiger partial charge in [-0.2, -0.15) is 5.53 Å². The maximum Gasteiger partial charge on any atom is 0.242 e.